The quantitative estimate of drug-likeness (QED) is 0.723. The Morgan fingerprint density at radius 3 is 1.94 bits per heavy atom. The van der Waals surface area contributed by atoms with Gasteiger partial charge in [0.1, 0.15) is 5.69 Å². The summed E-state index contributed by atoms with van der Waals surface area (Å²) in [5, 5.41) is 4.04. The molecule has 0 saturated heterocycles. The van der Waals surface area contributed by atoms with Crippen LogP contribution in [0.1, 0.15) is 52.0 Å². The number of aromatic nitrogens is 2. The van der Waals surface area contributed by atoms with Crippen LogP contribution >= 0.6 is 0 Å². The van der Waals surface area contributed by atoms with Crippen molar-refractivity contribution in [3.63, 3.8) is 0 Å². The van der Waals surface area contributed by atoms with Crippen molar-refractivity contribution in [2.45, 2.75) is 52.3 Å². The van der Waals surface area contributed by atoms with Crippen LogP contribution in [0.3, 0.4) is 0 Å². The van der Waals surface area contributed by atoms with Gasteiger partial charge in [0.05, 0.1) is 5.69 Å². The molecule has 92 valence electrons. The SMILES string of the molecule is CC(C)n1nc(C(C)(C)C)cc1C(F)(F)F. The lowest BCUT2D eigenvalue weighted by Gasteiger charge is -2.15. The lowest BCUT2D eigenvalue weighted by Crippen LogP contribution is -2.16. The Morgan fingerprint density at radius 1 is 1.19 bits per heavy atom. The normalized spacial score (nSPS) is 13.6. The van der Waals surface area contributed by atoms with E-state index < -0.39 is 11.9 Å². The van der Waals surface area contributed by atoms with Crippen molar-refractivity contribution in [2.75, 3.05) is 0 Å². The van der Waals surface area contributed by atoms with E-state index in [4.69, 9.17) is 0 Å². The predicted molar refractivity (Wildman–Crippen MR) is 56.3 cm³/mol. The van der Waals surface area contributed by atoms with Crippen LogP contribution in [0, 0.1) is 0 Å². The third-order valence-electron chi connectivity index (χ3n) is 2.28. The summed E-state index contributed by atoms with van der Waals surface area (Å²) in [5.74, 6) is 0. The molecule has 0 amide bonds. The van der Waals surface area contributed by atoms with E-state index in [0.29, 0.717) is 5.69 Å². The van der Waals surface area contributed by atoms with E-state index in [2.05, 4.69) is 5.10 Å². The summed E-state index contributed by atoms with van der Waals surface area (Å²) in [5.41, 5.74) is -0.582. The second-order valence-electron chi connectivity index (χ2n) is 5.20. The number of nitrogens with zero attached hydrogens (tertiary/aromatic N) is 2. The number of hydrogen-bond acceptors (Lipinski definition) is 1. The molecule has 0 aliphatic rings. The Bertz CT molecular complexity index is 370. The maximum absolute atomic E-state index is 12.7. The summed E-state index contributed by atoms with van der Waals surface area (Å²) in [6.45, 7) is 8.92. The van der Waals surface area contributed by atoms with Crippen LogP contribution in [0.2, 0.25) is 0 Å². The fraction of sp³-hybridized carbons (Fsp3) is 0.727. The summed E-state index contributed by atoms with van der Waals surface area (Å²) >= 11 is 0. The highest BCUT2D eigenvalue weighted by molar-refractivity contribution is 5.20. The zero-order valence-corrected chi connectivity index (χ0v) is 10.2. The summed E-state index contributed by atoms with van der Waals surface area (Å²) < 4.78 is 39.3. The van der Waals surface area contributed by atoms with Crippen molar-refractivity contribution >= 4 is 0 Å². The molecule has 0 fully saturated rings. The van der Waals surface area contributed by atoms with E-state index in [1.54, 1.807) is 13.8 Å². The molecule has 0 saturated carbocycles. The Morgan fingerprint density at radius 2 is 1.69 bits per heavy atom. The summed E-state index contributed by atoms with van der Waals surface area (Å²) in [4.78, 5) is 0. The molecule has 5 heteroatoms. The molecule has 0 bridgehead atoms. The Labute approximate surface area is 93.5 Å². The molecule has 0 spiro atoms. The first-order valence-electron chi connectivity index (χ1n) is 5.20. The molecule has 1 aromatic rings. The van der Waals surface area contributed by atoms with E-state index in [-0.39, 0.29) is 11.5 Å². The number of hydrogen-bond donors (Lipinski definition) is 0. The van der Waals surface area contributed by atoms with E-state index in [9.17, 15) is 13.2 Å². The Kier molecular flexibility index (Phi) is 3.09. The van der Waals surface area contributed by atoms with Crippen LogP contribution in [0.25, 0.3) is 0 Å². The average Bonchev–Trinajstić information content (AvgIpc) is 2.44. The molecule has 1 rings (SSSR count). The molecule has 1 aromatic heterocycles. The van der Waals surface area contributed by atoms with Gasteiger partial charge >= 0.3 is 6.18 Å². The lowest BCUT2D eigenvalue weighted by molar-refractivity contribution is -0.144. The molecule has 0 aliphatic heterocycles. The van der Waals surface area contributed by atoms with E-state index in [1.807, 2.05) is 20.8 Å². The maximum Gasteiger partial charge on any atom is 0.433 e. The van der Waals surface area contributed by atoms with Crippen molar-refractivity contribution < 1.29 is 13.2 Å². The molecule has 1 heterocycles. The molecule has 2 nitrogen and oxygen atoms in total. The van der Waals surface area contributed by atoms with Crippen LogP contribution < -0.4 is 0 Å². The summed E-state index contributed by atoms with van der Waals surface area (Å²) in [6, 6.07) is 0.840. The van der Waals surface area contributed by atoms with Gasteiger partial charge in [-0.1, -0.05) is 20.8 Å². The molecule has 0 aromatic carbocycles. The third kappa shape index (κ3) is 2.57. The van der Waals surface area contributed by atoms with Gasteiger partial charge in [-0.2, -0.15) is 18.3 Å². The molecule has 0 unspecified atom stereocenters. The molecule has 16 heavy (non-hydrogen) atoms. The van der Waals surface area contributed by atoms with Crippen LogP contribution in [0.4, 0.5) is 13.2 Å². The van der Waals surface area contributed by atoms with Crippen molar-refractivity contribution in [3.05, 3.63) is 17.5 Å². The van der Waals surface area contributed by atoms with E-state index in [0.717, 1.165) is 10.7 Å². The largest absolute Gasteiger partial charge is 0.433 e. The van der Waals surface area contributed by atoms with Crippen LogP contribution in [0.5, 0.6) is 0 Å². The molecule has 0 aliphatic carbocycles. The van der Waals surface area contributed by atoms with Crippen LogP contribution in [-0.2, 0) is 11.6 Å². The van der Waals surface area contributed by atoms with Crippen LogP contribution in [0.15, 0.2) is 6.07 Å². The molecule has 0 atom stereocenters. The van der Waals surface area contributed by atoms with Crippen molar-refractivity contribution in [1.82, 2.24) is 9.78 Å². The molecule has 0 N–H and O–H groups in total. The second-order valence-corrected chi connectivity index (χ2v) is 5.20. The first-order valence-corrected chi connectivity index (χ1v) is 5.20. The maximum atomic E-state index is 12.7. The minimum absolute atomic E-state index is 0.298. The fourth-order valence-corrected chi connectivity index (χ4v) is 1.37. The van der Waals surface area contributed by atoms with Crippen molar-refractivity contribution in [1.29, 1.82) is 0 Å². The topological polar surface area (TPSA) is 17.8 Å². The van der Waals surface area contributed by atoms with Gasteiger partial charge in [0.2, 0.25) is 0 Å². The highest BCUT2D eigenvalue weighted by Crippen LogP contribution is 2.34. The Balaban J connectivity index is 3.32. The first kappa shape index (κ1) is 13.1. The summed E-state index contributed by atoms with van der Waals surface area (Å²) in [6.07, 6.45) is -4.35. The van der Waals surface area contributed by atoms with E-state index in [1.165, 1.54) is 0 Å². The zero-order chi connectivity index (χ0) is 12.7. The highest BCUT2D eigenvalue weighted by Gasteiger charge is 2.37. The summed E-state index contributed by atoms with van der Waals surface area (Å²) in [7, 11) is 0. The average molecular weight is 234 g/mol. The molecular weight excluding hydrogens is 217 g/mol. The fourth-order valence-electron chi connectivity index (χ4n) is 1.37. The monoisotopic (exact) mass is 234 g/mol. The number of halogens is 3. The third-order valence-corrected chi connectivity index (χ3v) is 2.28. The zero-order valence-electron chi connectivity index (χ0n) is 10.2. The van der Waals surface area contributed by atoms with Crippen molar-refractivity contribution in [2.24, 2.45) is 0 Å². The van der Waals surface area contributed by atoms with Gasteiger partial charge in [0.15, 0.2) is 0 Å². The van der Waals surface area contributed by atoms with Crippen LogP contribution in [-0.4, -0.2) is 9.78 Å². The smallest absolute Gasteiger partial charge is 0.258 e. The van der Waals surface area contributed by atoms with Crippen molar-refractivity contribution in [3.8, 4) is 0 Å². The minimum atomic E-state index is -4.35. The number of alkyl halides is 3. The van der Waals surface area contributed by atoms with Gasteiger partial charge in [0, 0.05) is 11.5 Å². The predicted octanol–water partition coefficient (Wildman–Crippen LogP) is 3.78. The number of rotatable bonds is 1. The lowest BCUT2D eigenvalue weighted by atomic mass is 9.92. The minimum Gasteiger partial charge on any atom is -0.258 e. The van der Waals surface area contributed by atoms with Gasteiger partial charge in [-0.3, -0.25) is 4.68 Å². The van der Waals surface area contributed by atoms with Gasteiger partial charge in [0.25, 0.3) is 0 Å². The van der Waals surface area contributed by atoms with Gasteiger partial charge in [-0.05, 0) is 19.9 Å². The van der Waals surface area contributed by atoms with Gasteiger partial charge in [-0.15, -0.1) is 0 Å². The second kappa shape index (κ2) is 3.79. The molecule has 0 radical (unpaired) electrons. The first-order chi connectivity index (χ1) is 7.03. The Hall–Kier alpha value is -1.00. The highest BCUT2D eigenvalue weighted by atomic mass is 19.4. The standard InChI is InChI=1S/C11H17F3N2/c1-7(2)16-9(11(12,13)14)6-8(15-16)10(3,4)5/h6-7H,1-5H3. The van der Waals surface area contributed by atoms with E-state index >= 15 is 0 Å². The van der Waals surface area contributed by atoms with Gasteiger partial charge in [-0.25, -0.2) is 0 Å². The van der Waals surface area contributed by atoms with Gasteiger partial charge < -0.3 is 0 Å². The molecular formula is C11H17F3N2.